The highest BCUT2D eigenvalue weighted by Gasteiger charge is 2.31. The molecule has 3 nitrogen and oxygen atoms in total. The Morgan fingerprint density at radius 3 is 2.30 bits per heavy atom. The average Bonchev–Trinajstić information content (AvgIpc) is 2.62. The maximum absolute atomic E-state index is 12.3. The summed E-state index contributed by atoms with van der Waals surface area (Å²) in [6, 6.07) is 22.8. The zero-order valence-electron chi connectivity index (χ0n) is 12.8. The quantitative estimate of drug-likeness (QED) is 0.745. The molecule has 0 saturated heterocycles. The number of esters is 1. The van der Waals surface area contributed by atoms with Crippen LogP contribution >= 0.6 is 0 Å². The minimum atomic E-state index is -0.976. The van der Waals surface area contributed by atoms with Crippen molar-refractivity contribution >= 4 is 16.7 Å². The van der Waals surface area contributed by atoms with Crippen molar-refractivity contribution < 1.29 is 14.6 Å². The molecule has 3 heteroatoms. The fraction of sp³-hybridized carbons (Fsp3) is 0.150. The molecule has 0 aliphatic rings. The molecule has 3 rings (SSSR count). The summed E-state index contributed by atoms with van der Waals surface area (Å²) in [7, 11) is 1.34. The molecule has 0 unspecified atom stereocenters. The van der Waals surface area contributed by atoms with Gasteiger partial charge in [0.25, 0.3) is 0 Å². The summed E-state index contributed by atoms with van der Waals surface area (Å²) in [6.07, 6.45) is -0.976. The van der Waals surface area contributed by atoms with E-state index in [0.29, 0.717) is 0 Å². The van der Waals surface area contributed by atoms with Crippen molar-refractivity contribution in [2.45, 2.75) is 12.0 Å². The molecule has 0 fully saturated rings. The van der Waals surface area contributed by atoms with Gasteiger partial charge in [-0.15, -0.1) is 0 Å². The molecular formula is C20H18O3. The number of rotatable bonds is 4. The Bertz CT molecular complexity index is 806. The fourth-order valence-electron chi connectivity index (χ4n) is 2.92. The first-order valence-corrected chi connectivity index (χ1v) is 7.51. The van der Waals surface area contributed by atoms with Crippen LogP contribution in [0.5, 0.6) is 0 Å². The van der Waals surface area contributed by atoms with Gasteiger partial charge in [-0.05, 0) is 21.9 Å². The van der Waals surface area contributed by atoms with Crippen LogP contribution < -0.4 is 0 Å². The van der Waals surface area contributed by atoms with Crippen LogP contribution in [0.2, 0.25) is 0 Å². The van der Waals surface area contributed by atoms with Gasteiger partial charge in [0.15, 0.2) is 0 Å². The number of fused-ring (bicyclic) bond motifs is 1. The molecule has 0 bridgehead atoms. The Morgan fingerprint density at radius 1 is 0.913 bits per heavy atom. The molecule has 23 heavy (non-hydrogen) atoms. The van der Waals surface area contributed by atoms with Gasteiger partial charge in [0, 0.05) is 0 Å². The summed E-state index contributed by atoms with van der Waals surface area (Å²) >= 11 is 0. The second-order valence-corrected chi connectivity index (χ2v) is 5.42. The van der Waals surface area contributed by atoms with E-state index >= 15 is 0 Å². The summed E-state index contributed by atoms with van der Waals surface area (Å²) in [6.45, 7) is 0. The molecule has 0 aromatic heterocycles. The third-order valence-electron chi connectivity index (χ3n) is 4.07. The zero-order valence-corrected chi connectivity index (χ0v) is 12.8. The third kappa shape index (κ3) is 2.96. The molecule has 0 aliphatic carbocycles. The average molecular weight is 306 g/mol. The number of hydrogen-bond donors (Lipinski definition) is 1. The van der Waals surface area contributed by atoms with Gasteiger partial charge in [0.2, 0.25) is 0 Å². The number of benzene rings is 3. The summed E-state index contributed by atoms with van der Waals surface area (Å²) in [4.78, 5) is 12.3. The van der Waals surface area contributed by atoms with E-state index in [0.717, 1.165) is 21.9 Å². The Hall–Kier alpha value is -2.65. The van der Waals surface area contributed by atoms with Crippen LogP contribution in [0.15, 0.2) is 72.8 Å². The Balaban J connectivity index is 2.10. The molecule has 3 aromatic carbocycles. The predicted molar refractivity (Wildman–Crippen MR) is 90.1 cm³/mol. The highest BCUT2D eigenvalue weighted by Crippen LogP contribution is 2.35. The number of hydrogen-bond acceptors (Lipinski definition) is 3. The van der Waals surface area contributed by atoms with Crippen LogP contribution in [0.25, 0.3) is 10.8 Å². The van der Waals surface area contributed by atoms with Crippen molar-refractivity contribution in [2.24, 2.45) is 0 Å². The number of carbonyl (C=O) groups excluding carboxylic acids is 1. The molecule has 0 saturated carbocycles. The summed E-state index contributed by atoms with van der Waals surface area (Å²) in [5.41, 5.74) is 1.46. The van der Waals surface area contributed by atoms with Gasteiger partial charge in [-0.2, -0.15) is 0 Å². The van der Waals surface area contributed by atoms with E-state index in [9.17, 15) is 9.90 Å². The van der Waals surface area contributed by atoms with Gasteiger partial charge in [-0.3, -0.25) is 4.79 Å². The van der Waals surface area contributed by atoms with E-state index in [1.807, 2.05) is 72.8 Å². The second-order valence-electron chi connectivity index (χ2n) is 5.42. The Kier molecular flexibility index (Phi) is 4.40. The Labute approximate surface area is 135 Å². The van der Waals surface area contributed by atoms with Gasteiger partial charge in [-0.1, -0.05) is 72.8 Å². The number of aliphatic hydroxyl groups excluding tert-OH is 1. The van der Waals surface area contributed by atoms with Crippen molar-refractivity contribution in [3.8, 4) is 0 Å². The molecular weight excluding hydrogens is 288 g/mol. The zero-order chi connectivity index (χ0) is 16.2. The molecule has 3 aromatic rings. The topological polar surface area (TPSA) is 46.5 Å². The lowest BCUT2D eigenvalue weighted by Gasteiger charge is -2.22. The van der Waals surface area contributed by atoms with Crippen LogP contribution in [0.4, 0.5) is 0 Å². The van der Waals surface area contributed by atoms with Crippen molar-refractivity contribution in [1.82, 2.24) is 0 Å². The van der Waals surface area contributed by atoms with Crippen LogP contribution in [0.3, 0.4) is 0 Å². The molecule has 0 radical (unpaired) electrons. The van der Waals surface area contributed by atoms with Gasteiger partial charge >= 0.3 is 5.97 Å². The normalized spacial score (nSPS) is 13.5. The van der Waals surface area contributed by atoms with Gasteiger partial charge in [-0.25, -0.2) is 0 Å². The summed E-state index contributed by atoms with van der Waals surface area (Å²) in [5, 5.41) is 12.9. The smallest absolute Gasteiger partial charge is 0.316 e. The second kappa shape index (κ2) is 6.63. The van der Waals surface area contributed by atoms with Crippen LogP contribution in [0.1, 0.15) is 23.1 Å². The summed E-state index contributed by atoms with van der Waals surface area (Å²) < 4.78 is 4.92. The van der Waals surface area contributed by atoms with E-state index in [1.165, 1.54) is 7.11 Å². The van der Waals surface area contributed by atoms with Crippen LogP contribution in [-0.2, 0) is 9.53 Å². The molecule has 116 valence electrons. The van der Waals surface area contributed by atoms with Gasteiger partial charge < -0.3 is 9.84 Å². The van der Waals surface area contributed by atoms with Crippen molar-refractivity contribution in [3.63, 3.8) is 0 Å². The molecule has 1 N–H and O–H groups in total. The largest absolute Gasteiger partial charge is 0.468 e. The molecule has 0 spiro atoms. The highest BCUT2D eigenvalue weighted by atomic mass is 16.5. The monoisotopic (exact) mass is 306 g/mol. The SMILES string of the molecule is COC(=O)[C@@H](c1ccccc1)[C@H](O)c1cccc2ccccc12. The molecule has 0 heterocycles. The van der Waals surface area contributed by atoms with Gasteiger partial charge in [0.1, 0.15) is 5.92 Å². The number of carbonyl (C=O) groups is 1. The van der Waals surface area contributed by atoms with E-state index in [2.05, 4.69) is 0 Å². The fourth-order valence-corrected chi connectivity index (χ4v) is 2.92. The minimum Gasteiger partial charge on any atom is -0.468 e. The maximum atomic E-state index is 12.3. The summed E-state index contributed by atoms with van der Waals surface area (Å²) in [5.74, 6) is -1.20. The van der Waals surface area contributed by atoms with Crippen molar-refractivity contribution in [1.29, 1.82) is 0 Å². The molecule has 0 amide bonds. The Morgan fingerprint density at radius 2 is 1.57 bits per heavy atom. The van der Waals surface area contributed by atoms with Crippen LogP contribution in [0, 0.1) is 0 Å². The van der Waals surface area contributed by atoms with Crippen LogP contribution in [-0.4, -0.2) is 18.2 Å². The number of ether oxygens (including phenoxy) is 1. The lowest BCUT2D eigenvalue weighted by Crippen LogP contribution is -2.22. The van der Waals surface area contributed by atoms with Gasteiger partial charge in [0.05, 0.1) is 13.2 Å². The lowest BCUT2D eigenvalue weighted by atomic mass is 9.87. The first kappa shape index (κ1) is 15.3. The molecule has 0 aliphatic heterocycles. The first-order chi connectivity index (χ1) is 11.2. The highest BCUT2D eigenvalue weighted by molar-refractivity contribution is 5.87. The van der Waals surface area contributed by atoms with Crippen molar-refractivity contribution in [2.75, 3.05) is 7.11 Å². The van der Waals surface area contributed by atoms with E-state index < -0.39 is 18.0 Å². The minimum absolute atomic E-state index is 0.448. The van der Waals surface area contributed by atoms with E-state index in [4.69, 9.17) is 4.74 Å². The van der Waals surface area contributed by atoms with E-state index in [1.54, 1.807) is 0 Å². The lowest BCUT2D eigenvalue weighted by molar-refractivity contribution is -0.145. The molecule has 2 atom stereocenters. The van der Waals surface area contributed by atoms with E-state index in [-0.39, 0.29) is 0 Å². The maximum Gasteiger partial charge on any atom is 0.316 e. The number of methoxy groups -OCH3 is 1. The third-order valence-corrected chi connectivity index (χ3v) is 4.07. The first-order valence-electron chi connectivity index (χ1n) is 7.51. The standard InChI is InChI=1S/C20H18O3/c1-23-20(22)18(15-9-3-2-4-10-15)19(21)17-13-7-11-14-8-5-6-12-16(14)17/h2-13,18-19,21H,1H3/t18-,19+/m0/s1. The number of aliphatic hydroxyl groups is 1. The predicted octanol–water partition coefficient (Wildman–Crippen LogP) is 3.83. The van der Waals surface area contributed by atoms with Crippen molar-refractivity contribution in [3.05, 3.63) is 83.9 Å².